The number of carbonyl (C=O) groups is 1. The number of piperidine rings is 1. The number of hydrogen-bond donors (Lipinski definition) is 1. The molecule has 0 aromatic carbocycles. The number of hydrogen-bond acceptors (Lipinski definition) is 3. The highest BCUT2D eigenvalue weighted by molar-refractivity contribution is 5.78. The molecule has 1 amide bonds. The van der Waals surface area contributed by atoms with E-state index in [1.165, 1.54) is 71.0 Å². The molecule has 2 aliphatic heterocycles. The first-order valence-corrected chi connectivity index (χ1v) is 11.4. The van der Waals surface area contributed by atoms with Crippen molar-refractivity contribution in [3.63, 3.8) is 0 Å². The lowest BCUT2D eigenvalue weighted by atomic mass is 9.78. The molecule has 0 bridgehead atoms. The van der Waals surface area contributed by atoms with Gasteiger partial charge in [0.2, 0.25) is 5.91 Å². The van der Waals surface area contributed by atoms with Gasteiger partial charge in [0.1, 0.15) is 0 Å². The molecule has 0 radical (unpaired) electrons. The van der Waals surface area contributed by atoms with Gasteiger partial charge in [0.25, 0.3) is 0 Å². The van der Waals surface area contributed by atoms with Gasteiger partial charge in [0.05, 0.1) is 6.54 Å². The second-order valence-electron chi connectivity index (χ2n) is 9.38. The van der Waals surface area contributed by atoms with Gasteiger partial charge in [0.15, 0.2) is 0 Å². The summed E-state index contributed by atoms with van der Waals surface area (Å²) in [6, 6.07) is 0.395. The smallest absolute Gasteiger partial charge is 0.234 e. The Bertz CT molecular complexity index is 425. The largest absolute Gasteiger partial charge is 0.352 e. The maximum atomic E-state index is 12.5. The van der Waals surface area contributed by atoms with Crippen LogP contribution in [-0.2, 0) is 4.79 Å². The van der Waals surface area contributed by atoms with E-state index < -0.39 is 0 Å². The van der Waals surface area contributed by atoms with E-state index in [1.807, 2.05) is 0 Å². The molecule has 150 valence electrons. The summed E-state index contributed by atoms with van der Waals surface area (Å²) in [7, 11) is 0. The van der Waals surface area contributed by atoms with Gasteiger partial charge in [0, 0.05) is 12.6 Å². The highest BCUT2D eigenvalue weighted by Crippen LogP contribution is 2.29. The van der Waals surface area contributed by atoms with Crippen molar-refractivity contribution in [3.05, 3.63) is 0 Å². The number of nitrogens with zero attached hydrogens (tertiary/aromatic N) is 2. The van der Waals surface area contributed by atoms with Gasteiger partial charge >= 0.3 is 0 Å². The van der Waals surface area contributed by atoms with E-state index in [0.29, 0.717) is 18.5 Å². The molecule has 1 N–H and O–H groups in total. The van der Waals surface area contributed by atoms with Crippen LogP contribution < -0.4 is 5.32 Å². The minimum Gasteiger partial charge on any atom is -0.352 e. The zero-order chi connectivity index (χ0) is 18.4. The third-order valence-corrected chi connectivity index (χ3v) is 7.34. The molecule has 0 aromatic heterocycles. The first-order chi connectivity index (χ1) is 12.6. The molecule has 0 spiro atoms. The summed E-state index contributed by atoms with van der Waals surface area (Å²) < 4.78 is 0. The molecule has 3 atom stereocenters. The second-order valence-corrected chi connectivity index (χ2v) is 9.38. The molecule has 2 heterocycles. The van der Waals surface area contributed by atoms with Crippen LogP contribution in [0.4, 0.5) is 0 Å². The summed E-state index contributed by atoms with van der Waals surface area (Å²) in [5.41, 5.74) is 0. The van der Waals surface area contributed by atoms with Crippen LogP contribution in [0.2, 0.25) is 0 Å². The molecule has 26 heavy (non-hydrogen) atoms. The van der Waals surface area contributed by atoms with Gasteiger partial charge in [-0.05, 0) is 76.0 Å². The van der Waals surface area contributed by atoms with Gasteiger partial charge < -0.3 is 10.2 Å². The molecule has 1 aliphatic carbocycles. The van der Waals surface area contributed by atoms with Crippen LogP contribution in [-0.4, -0.2) is 61.0 Å². The Morgan fingerprint density at radius 3 is 2.23 bits per heavy atom. The van der Waals surface area contributed by atoms with E-state index in [-0.39, 0.29) is 5.91 Å². The lowest BCUT2D eigenvalue weighted by molar-refractivity contribution is -0.124. The molecule has 3 aliphatic rings. The molecular formula is C22H41N3O. The monoisotopic (exact) mass is 363 g/mol. The van der Waals surface area contributed by atoms with E-state index in [1.54, 1.807) is 0 Å². The summed E-state index contributed by atoms with van der Waals surface area (Å²) in [4.78, 5) is 17.6. The quantitative estimate of drug-likeness (QED) is 0.812. The first kappa shape index (κ1) is 20.1. The number of rotatable bonds is 5. The van der Waals surface area contributed by atoms with E-state index in [2.05, 4.69) is 29.0 Å². The Morgan fingerprint density at radius 2 is 1.54 bits per heavy atom. The Balaban J connectivity index is 1.35. The minimum absolute atomic E-state index is 0.252. The maximum Gasteiger partial charge on any atom is 0.234 e. The first-order valence-electron chi connectivity index (χ1n) is 11.4. The minimum atomic E-state index is 0.252. The summed E-state index contributed by atoms with van der Waals surface area (Å²) >= 11 is 0. The summed E-state index contributed by atoms with van der Waals surface area (Å²) in [6.45, 7) is 11.3. The molecule has 2 saturated heterocycles. The second kappa shape index (κ2) is 10.1. The summed E-state index contributed by atoms with van der Waals surface area (Å²) in [5, 5.41) is 3.34. The number of nitrogens with one attached hydrogen (secondary N) is 1. The van der Waals surface area contributed by atoms with E-state index >= 15 is 0 Å². The van der Waals surface area contributed by atoms with E-state index in [9.17, 15) is 4.79 Å². The summed E-state index contributed by atoms with van der Waals surface area (Å²) in [6.07, 6.45) is 11.9. The topological polar surface area (TPSA) is 35.6 Å². The molecule has 3 rings (SSSR count). The number of carbonyl (C=O) groups excluding carboxylic acids is 1. The lowest BCUT2D eigenvalue weighted by Crippen LogP contribution is -2.49. The van der Waals surface area contributed by atoms with Crippen LogP contribution in [0.25, 0.3) is 0 Å². The van der Waals surface area contributed by atoms with Crippen molar-refractivity contribution in [2.75, 3.05) is 39.3 Å². The van der Waals surface area contributed by atoms with E-state index in [0.717, 1.165) is 31.3 Å². The molecule has 1 saturated carbocycles. The van der Waals surface area contributed by atoms with E-state index in [4.69, 9.17) is 0 Å². The van der Waals surface area contributed by atoms with Crippen LogP contribution in [0.5, 0.6) is 0 Å². The molecule has 3 unspecified atom stereocenters. The Morgan fingerprint density at radius 1 is 0.846 bits per heavy atom. The van der Waals surface area contributed by atoms with Crippen molar-refractivity contribution in [2.45, 2.75) is 77.7 Å². The van der Waals surface area contributed by atoms with Crippen LogP contribution in [0.1, 0.15) is 71.6 Å². The van der Waals surface area contributed by atoms with Crippen LogP contribution in [0, 0.1) is 17.8 Å². The fourth-order valence-electron chi connectivity index (χ4n) is 5.25. The van der Waals surface area contributed by atoms with Crippen molar-refractivity contribution in [1.29, 1.82) is 0 Å². The molecule has 4 heteroatoms. The van der Waals surface area contributed by atoms with Gasteiger partial charge in [-0.15, -0.1) is 0 Å². The zero-order valence-corrected chi connectivity index (χ0v) is 17.2. The van der Waals surface area contributed by atoms with Gasteiger partial charge in [-0.1, -0.05) is 39.5 Å². The average molecular weight is 364 g/mol. The Kier molecular flexibility index (Phi) is 7.80. The Labute approximate surface area is 161 Å². The predicted octanol–water partition coefficient (Wildman–Crippen LogP) is 3.52. The normalized spacial score (nSPS) is 32.9. The molecule has 0 aromatic rings. The van der Waals surface area contributed by atoms with Crippen LogP contribution in [0.3, 0.4) is 0 Å². The summed E-state index contributed by atoms with van der Waals surface area (Å²) in [5.74, 6) is 2.45. The predicted molar refractivity (Wildman–Crippen MR) is 108 cm³/mol. The van der Waals surface area contributed by atoms with Crippen molar-refractivity contribution in [1.82, 2.24) is 15.1 Å². The highest BCUT2D eigenvalue weighted by Gasteiger charge is 2.29. The number of likely N-dealkylation sites (tertiary alicyclic amines) is 2. The zero-order valence-electron chi connectivity index (χ0n) is 17.2. The fourth-order valence-corrected chi connectivity index (χ4v) is 5.25. The SMILES string of the molecule is CC1CCCC(NC(=O)CN2CCC(CN3CCCCCC3)CC2)C1C. The van der Waals surface area contributed by atoms with Crippen molar-refractivity contribution >= 4 is 5.91 Å². The van der Waals surface area contributed by atoms with Gasteiger partial charge in [-0.2, -0.15) is 0 Å². The van der Waals surface area contributed by atoms with Crippen molar-refractivity contribution < 1.29 is 4.79 Å². The maximum absolute atomic E-state index is 12.5. The molecular weight excluding hydrogens is 322 g/mol. The number of amides is 1. The molecule has 4 nitrogen and oxygen atoms in total. The molecule has 3 fully saturated rings. The van der Waals surface area contributed by atoms with Crippen LogP contribution in [0.15, 0.2) is 0 Å². The van der Waals surface area contributed by atoms with Crippen molar-refractivity contribution in [2.24, 2.45) is 17.8 Å². The average Bonchev–Trinajstić information content (AvgIpc) is 2.89. The fraction of sp³-hybridized carbons (Fsp3) is 0.955. The third-order valence-electron chi connectivity index (χ3n) is 7.34. The highest BCUT2D eigenvalue weighted by atomic mass is 16.2. The van der Waals surface area contributed by atoms with Gasteiger partial charge in [-0.25, -0.2) is 0 Å². The van der Waals surface area contributed by atoms with Crippen molar-refractivity contribution in [3.8, 4) is 0 Å². The lowest BCUT2D eigenvalue weighted by Gasteiger charge is -2.36. The standard InChI is InChI=1S/C22H41N3O/c1-18-8-7-9-21(19(18)2)23-22(26)17-25-14-10-20(11-15-25)16-24-12-5-3-4-6-13-24/h18-21H,3-17H2,1-2H3,(H,23,26). The third kappa shape index (κ3) is 5.95. The Hall–Kier alpha value is -0.610. The van der Waals surface area contributed by atoms with Crippen LogP contribution >= 0.6 is 0 Å². The van der Waals surface area contributed by atoms with Gasteiger partial charge in [-0.3, -0.25) is 9.69 Å².